The van der Waals surface area contributed by atoms with Gasteiger partial charge in [0.25, 0.3) is 0 Å². The van der Waals surface area contributed by atoms with Crippen LogP contribution in [-0.2, 0) is 33.3 Å². The van der Waals surface area contributed by atoms with Gasteiger partial charge in [-0.25, -0.2) is 0 Å². The number of hydrogen-bond donors (Lipinski definition) is 0. The van der Waals surface area contributed by atoms with Crippen molar-refractivity contribution in [2.45, 2.75) is 54.9 Å². The van der Waals surface area contributed by atoms with Crippen LogP contribution in [0.4, 0.5) is 0 Å². The molecule has 164 valence electrons. The molecule has 31 heavy (non-hydrogen) atoms. The summed E-state index contributed by atoms with van der Waals surface area (Å²) < 4.78 is 29.6. The van der Waals surface area contributed by atoms with Gasteiger partial charge in [0, 0.05) is 24.3 Å². The van der Waals surface area contributed by atoms with Crippen LogP contribution in [0.2, 0.25) is 0 Å². The SMILES string of the molecule is CC(=O)O[C@H]1[C@@H]2OC(c3ccccc3)OC[C@H]2O[C@@H](Sc2ccccc2)[C@H]1OC(C)=O. The Morgan fingerprint density at radius 3 is 2.13 bits per heavy atom. The normalized spacial score (nSPS) is 30.1. The van der Waals surface area contributed by atoms with Crippen LogP contribution in [0.1, 0.15) is 25.7 Å². The number of ether oxygens (including phenoxy) is 5. The van der Waals surface area contributed by atoms with E-state index in [0.717, 1.165) is 10.5 Å². The minimum absolute atomic E-state index is 0.251. The summed E-state index contributed by atoms with van der Waals surface area (Å²) >= 11 is 1.40. The van der Waals surface area contributed by atoms with E-state index in [9.17, 15) is 9.59 Å². The van der Waals surface area contributed by atoms with Gasteiger partial charge in [0.15, 0.2) is 18.5 Å². The first-order valence-electron chi connectivity index (χ1n) is 10.0. The largest absolute Gasteiger partial charge is 0.456 e. The molecule has 0 aliphatic carbocycles. The molecule has 7 nitrogen and oxygen atoms in total. The fourth-order valence-electron chi connectivity index (χ4n) is 3.70. The standard InChI is InChI=1S/C23H24O7S/c1-14(24)27-20-19-18(13-26-22(30-19)16-9-5-3-6-10-16)29-23(21(20)28-15(2)25)31-17-11-7-4-8-12-17/h3-12,18-23H,13H2,1-2H3/t18-,19-,20+,21+,22?,23+/m1/s1. The molecule has 6 atom stereocenters. The summed E-state index contributed by atoms with van der Waals surface area (Å²) in [7, 11) is 0. The Bertz CT molecular complexity index is 891. The zero-order valence-corrected chi connectivity index (χ0v) is 18.0. The van der Waals surface area contributed by atoms with Crippen LogP contribution >= 0.6 is 11.8 Å². The molecule has 2 aromatic carbocycles. The van der Waals surface area contributed by atoms with Crippen LogP contribution in [0.5, 0.6) is 0 Å². The molecule has 2 heterocycles. The smallest absolute Gasteiger partial charge is 0.303 e. The zero-order chi connectivity index (χ0) is 21.8. The maximum Gasteiger partial charge on any atom is 0.303 e. The monoisotopic (exact) mass is 444 g/mol. The van der Waals surface area contributed by atoms with Gasteiger partial charge in [-0.15, -0.1) is 0 Å². The molecule has 2 aromatic rings. The Morgan fingerprint density at radius 2 is 1.48 bits per heavy atom. The molecule has 0 radical (unpaired) electrons. The lowest BCUT2D eigenvalue weighted by Crippen LogP contribution is -2.63. The summed E-state index contributed by atoms with van der Waals surface area (Å²) in [5, 5.41) is 0. The Morgan fingerprint density at radius 1 is 0.871 bits per heavy atom. The summed E-state index contributed by atoms with van der Waals surface area (Å²) in [6, 6.07) is 19.1. The van der Waals surface area contributed by atoms with Gasteiger partial charge < -0.3 is 23.7 Å². The van der Waals surface area contributed by atoms with Gasteiger partial charge in [-0.1, -0.05) is 60.3 Å². The Balaban J connectivity index is 1.62. The minimum Gasteiger partial charge on any atom is -0.456 e. The number of thioether (sulfide) groups is 1. The van der Waals surface area contributed by atoms with E-state index in [-0.39, 0.29) is 6.61 Å². The van der Waals surface area contributed by atoms with E-state index in [1.165, 1.54) is 25.6 Å². The second-order valence-corrected chi connectivity index (χ2v) is 8.47. The summed E-state index contributed by atoms with van der Waals surface area (Å²) in [5.74, 6) is -0.979. The maximum absolute atomic E-state index is 11.9. The molecular formula is C23H24O7S. The predicted octanol–water partition coefficient (Wildman–Crippen LogP) is 3.48. The summed E-state index contributed by atoms with van der Waals surface area (Å²) in [6.45, 7) is 2.89. The van der Waals surface area contributed by atoms with Crippen molar-refractivity contribution in [3.8, 4) is 0 Å². The third-order valence-electron chi connectivity index (χ3n) is 4.96. The molecule has 0 aromatic heterocycles. The molecular weight excluding hydrogens is 420 g/mol. The number of esters is 2. The van der Waals surface area contributed by atoms with Crippen LogP contribution in [0.3, 0.4) is 0 Å². The van der Waals surface area contributed by atoms with Crippen LogP contribution in [-0.4, -0.2) is 48.4 Å². The van der Waals surface area contributed by atoms with Crippen molar-refractivity contribution >= 4 is 23.7 Å². The van der Waals surface area contributed by atoms with Gasteiger partial charge in [0.1, 0.15) is 17.6 Å². The summed E-state index contributed by atoms with van der Waals surface area (Å²) in [6.07, 6.45) is -3.46. The van der Waals surface area contributed by atoms with Gasteiger partial charge in [-0.05, 0) is 12.1 Å². The van der Waals surface area contributed by atoms with E-state index in [1.54, 1.807) is 0 Å². The van der Waals surface area contributed by atoms with Crippen molar-refractivity contribution in [2.24, 2.45) is 0 Å². The molecule has 0 saturated carbocycles. The van der Waals surface area contributed by atoms with Gasteiger partial charge in [-0.3, -0.25) is 9.59 Å². The first-order chi connectivity index (χ1) is 15.0. The van der Waals surface area contributed by atoms with Crippen molar-refractivity contribution in [2.75, 3.05) is 6.61 Å². The Kier molecular flexibility index (Phi) is 6.92. The molecule has 8 heteroatoms. The number of benzene rings is 2. The van der Waals surface area contributed by atoms with Crippen LogP contribution in [0, 0.1) is 0 Å². The lowest BCUT2D eigenvalue weighted by Gasteiger charge is -2.48. The molecule has 2 saturated heterocycles. The minimum atomic E-state index is -0.845. The third-order valence-corrected chi connectivity index (χ3v) is 6.11. The van der Waals surface area contributed by atoms with Crippen molar-refractivity contribution in [1.82, 2.24) is 0 Å². The molecule has 0 bridgehead atoms. The van der Waals surface area contributed by atoms with Gasteiger partial charge in [-0.2, -0.15) is 0 Å². The van der Waals surface area contributed by atoms with Crippen molar-refractivity contribution < 1.29 is 33.3 Å². The van der Waals surface area contributed by atoms with E-state index in [4.69, 9.17) is 23.7 Å². The highest BCUT2D eigenvalue weighted by atomic mass is 32.2. The number of carbonyl (C=O) groups excluding carboxylic acids is 2. The first-order valence-corrected chi connectivity index (χ1v) is 10.9. The average molecular weight is 445 g/mol. The van der Waals surface area contributed by atoms with Crippen LogP contribution in [0.25, 0.3) is 0 Å². The number of carbonyl (C=O) groups is 2. The second kappa shape index (κ2) is 9.82. The highest BCUT2D eigenvalue weighted by molar-refractivity contribution is 7.99. The summed E-state index contributed by atoms with van der Waals surface area (Å²) in [4.78, 5) is 24.8. The number of fused-ring (bicyclic) bond motifs is 1. The molecule has 1 unspecified atom stereocenters. The molecule has 2 aliphatic rings. The highest BCUT2D eigenvalue weighted by Crippen LogP contribution is 2.41. The van der Waals surface area contributed by atoms with Gasteiger partial charge in [0.05, 0.1) is 6.61 Å². The lowest BCUT2D eigenvalue weighted by molar-refractivity contribution is -0.320. The lowest BCUT2D eigenvalue weighted by atomic mass is 9.98. The van der Waals surface area contributed by atoms with Crippen LogP contribution < -0.4 is 0 Å². The molecule has 4 rings (SSSR count). The van der Waals surface area contributed by atoms with Crippen molar-refractivity contribution in [3.63, 3.8) is 0 Å². The Labute approximate surface area is 185 Å². The Hall–Kier alpha value is -2.39. The zero-order valence-electron chi connectivity index (χ0n) is 17.2. The fraction of sp³-hybridized carbons (Fsp3) is 0.391. The predicted molar refractivity (Wildman–Crippen MR) is 112 cm³/mol. The fourth-order valence-corrected chi connectivity index (χ4v) is 4.82. The summed E-state index contributed by atoms with van der Waals surface area (Å²) in [5.41, 5.74) is 0.240. The molecule has 2 aliphatic heterocycles. The third kappa shape index (κ3) is 5.27. The van der Waals surface area contributed by atoms with E-state index in [1.807, 2.05) is 60.7 Å². The molecule has 0 amide bonds. The van der Waals surface area contributed by atoms with E-state index < -0.39 is 48.1 Å². The maximum atomic E-state index is 11.9. The van der Waals surface area contributed by atoms with E-state index in [0.29, 0.717) is 0 Å². The number of rotatable bonds is 5. The second-order valence-electron chi connectivity index (χ2n) is 7.30. The van der Waals surface area contributed by atoms with Gasteiger partial charge >= 0.3 is 11.9 Å². The molecule has 0 spiro atoms. The van der Waals surface area contributed by atoms with Crippen molar-refractivity contribution in [1.29, 1.82) is 0 Å². The number of hydrogen-bond acceptors (Lipinski definition) is 8. The van der Waals surface area contributed by atoms with Crippen LogP contribution in [0.15, 0.2) is 65.6 Å². The van der Waals surface area contributed by atoms with Gasteiger partial charge in [0.2, 0.25) is 0 Å². The van der Waals surface area contributed by atoms with E-state index >= 15 is 0 Å². The molecule has 2 fully saturated rings. The average Bonchev–Trinajstić information content (AvgIpc) is 2.76. The van der Waals surface area contributed by atoms with E-state index in [2.05, 4.69) is 0 Å². The van der Waals surface area contributed by atoms with Crippen molar-refractivity contribution in [3.05, 3.63) is 66.2 Å². The molecule has 0 N–H and O–H groups in total. The highest BCUT2D eigenvalue weighted by Gasteiger charge is 2.53. The topological polar surface area (TPSA) is 80.3 Å². The quantitative estimate of drug-likeness (QED) is 0.649. The first kappa shape index (κ1) is 21.8.